The molecule has 0 spiro atoms. The Morgan fingerprint density at radius 1 is 0.957 bits per heavy atom. The molecular weight excluding hydrogens is 298 g/mol. The van der Waals surface area contributed by atoms with Crippen molar-refractivity contribution in [2.45, 2.75) is 6.92 Å². The Morgan fingerprint density at radius 3 is 2.26 bits per heavy atom. The Labute approximate surface area is 133 Å². The number of hydrogen-bond acceptors (Lipinski definition) is 3. The lowest BCUT2D eigenvalue weighted by molar-refractivity contribution is 0.626. The van der Waals surface area contributed by atoms with Gasteiger partial charge in [-0.15, -0.1) is 10.2 Å². The Kier molecular flexibility index (Phi) is 3.82. The van der Waals surface area contributed by atoms with E-state index < -0.39 is 0 Å². The van der Waals surface area contributed by atoms with Gasteiger partial charge in [0.05, 0.1) is 0 Å². The van der Waals surface area contributed by atoms with E-state index in [2.05, 4.69) is 10.2 Å². The van der Waals surface area contributed by atoms with Crippen molar-refractivity contribution >= 4 is 11.6 Å². The van der Waals surface area contributed by atoms with Crippen LogP contribution in [0.25, 0.3) is 11.4 Å². The number of hydrogen-bond donors (Lipinski definition) is 0. The first kappa shape index (κ1) is 15.1. The highest BCUT2D eigenvalue weighted by Gasteiger charge is 2.16. The Morgan fingerprint density at radius 2 is 1.61 bits per heavy atom. The van der Waals surface area contributed by atoms with E-state index in [-0.39, 0.29) is 11.6 Å². The molecule has 118 valence electrons. The molecule has 2 aromatic carbocycles. The lowest BCUT2D eigenvalue weighted by atomic mass is 10.1. The highest BCUT2D eigenvalue weighted by molar-refractivity contribution is 5.64. The molecule has 0 saturated carbocycles. The molecule has 6 heteroatoms. The average Bonchev–Trinajstić information content (AvgIpc) is 2.89. The molecule has 3 rings (SSSR count). The summed E-state index contributed by atoms with van der Waals surface area (Å²) in [5, 5.41) is 8.42. The summed E-state index contributed by atoms with van der Waals surface area (Å²) >= 11 is 0. The summed E-state index contributed by atoms with van der Waals surface area (Å²) in [6.45, 7) is 1.83. The summed E-state index contributed by atoms with van der Waals surface area (Å²) in [7, 11) is 3.67. The van der Waals surface area contributed by atoms with E-state index in [1.54, 1.807) is 18.2 Å². The van der Waals surface area contributed by atoms with Crippen LogP contribution in [-0.4, -0.2) is 21.8 Å². The molecule has 0 aliphatic carbocycles. The SMILES string of the molecule is Cc1cc(F)ccc1-c1nnc(N(C)c2ccc(F)cc2)n1C. The maximum atomic E-state index is 13.3. The summed E-state index contributed by atoms with van der Waals surface area (Å²) < 4.78 is 28.1. The molecule has 1 heterocycles. The van der Waals surface area contributed by atoms with Gasteiger partial charge in [0.15, 0.2) is 5.82 Å². The highest BCUT2D eigenvalue weighted by atomic mass is 19.1. The summed E-state index contributed by atoms with van der Waals surface area (Å²) in [4.78, 5) is 1.81. The fourth-order valence-corrected chi connectivity index (χ4v) is 2.51. The number of aromatic nitrogens is 3. The summed E-state index contributed by atoms with van der Waals surface area (Å²) in [5.74, 6) is 0.682. The standard InChI is InChI=1S/C17H16F2N4/c1-11-10-13(19)6-9-15(11)16-20-21-17(23(16)3)22(2)14-7-4-12(18)5-8-14/h4-10H,1-3H3. The van der Waals surface area contributed by atoms with Crippen molar-refractivity contribution in [2.24, 2.45) is 7.05 Å². The van der Waals surface area contributed by atoms with Crippen molar-refractivity contribution in [3.63, 3.8) is 0 Å². The van der Waals surface area contributed by atoms with E-state index in [0.717, 1.165) is 16.8 Å². The van der Waals surface area contributed by atoms with Crippen molar-refractivity contribution in [2.75, 3.05) is 11.9 Å². The zero-order valence-corrected chi connectivity index (χ0v) is 13.1. The number of nitrogens with zero attached hydrogens (tertiary/aromatic N) is 4. The van der Waals surface area contributed by atoms with Gasteiger partial charge in [-0.25, -0.2) is 8.78 Å². The van der Waals surface area contributed by atoms with Crippen LogP contribution < -0.4 is 4.90 Å². The van der Waals surface area contributed by atoms with Crippen molar-refractivity contribution in [1.82, 2.24) is 14.8 Å². The molecular formula is C17H16F2N4. The van der Waals surface area contributed by atoms with E-state index in [4.69, 9.17) is 0 Å². The molecule has 0 bridgehead atoms. The second kappa shape index (κ2) is 5.79. The van der Waals surface area contributed by atoms with Crippen molar-refractivity contribution in [1.29, 1.82) is 0 Å². The quantitative estimate of drug-likeness (QED) is 0.736. The van der Waals surface area contributed by atoms with Gasteiger partial charge in [0.2, 0.25) is 5.95 Å². The van der Waals surface area contributed by atoms with Gasteiger partial charge in [0, 0.05) is 25.3 Å². The molecule has 0 amide bonds. The third-order valence-electron chi connectivity index (χ3n) is 3.80. The van der Waals surface area contributed by atoms with Crippen LogP contribution in [0.3, 0.4) is 0 Å². The van der Waals surface area contributed by atoms with Gasteiger partial charge in [-0.1, -0.05) is 0 Å². The minimum Gasteiger partial charge on any atom is -0.314 e. The van der Waals surface area contributed by atoms with Crippen LogP contribution in [-0.2, 0) is 7.05 Å². The Bertz CT molecular complexity index is 840. The van der Waals surface area contributed by atoms with Crippen LogP contribution in [0.5, 0.6) is 0 Å². The van der Waals surface area contributed by atoms with E-state index in [1.165, 1.54) is 24.3 Å². The fourth-order valence-electron chi connectivity index (χ4n) is 2.51. The zero-order valence-electron chi connectivity index (χ0n) is 13.1. The monoisotopic (exact) mass is 314 g/mol. The first-order valence-corrected chi connectivity index (χ1v) is 7.12. The van der Waals surface area contributed by atoms with Gasteiger partial charge >= 0.3 is 0 Å². The van der Waals surface area contributed by atoms with Gasteiger partial charge in [0.1, 0.15) is 11.6 Å². The molecule has 0 atom stereocenters. The maximum absolute atomic E-state index is 13.3. The van der Waals surface area contributed by atoms with Crippen molar-refractivity contribution < 1.29 is 8.78 Å². The summed E-state index contributed by atoms with van der Waals surface area (Å²) in [6, 6.07) is 10.7. The lowest BCUT2D eigenvalue weighted by Gasteiger charge is -2.18. The second-order valence-corrected chi connectivity index (χ2v) is 5.38. The van der Waals surface area contributed by atoms with Crippen LogP contribution >= 0.6 is 0 Å². The molecule has 0 unspecified atom stereocenters. The Balaban J connectivity index is 2.00. The maximum Gasteiger partial charge on any atom is 0.231 e. The zero-order chi connectivity index (χ0) is 16.6. The van der Waals surface area contributed by atoms with E-state index >= 15 is 0 Å². The third kappa shape index (κ3) is 2.79. The second-order valence-electron chi connectivity index (χ2n) is 5.38. The number of aryl methyl sites for hydroxylation is 1. The van der Waals surface area contributed by atoms with E-state index in [9.17, 15) is 8.78 Å². The number of benzene rings is 2. The fraction of sp³-hybridized carbons (Fsp3) is 0.176. The first-order valence-electron chi connectivity index (χ1n) is 7.12. The normalized spacial score (nSPS) is 10.8. The van der Waals surface area contributed by atoms with E-state index in [1.807, 2.05) is 30.5 Å². The molecule has 0 aliphatic heterocycles. The van der Waals surface area contributed by atoms with Gasteiger partial charge in [0.25, 0.3) is 0 Å². The molecule has 0 fully saturated rings. The predicted octanol–water partition coefficient (Wildman–Crippen LogP) is 3.84. The van der Waals surface area contributed by atoms with Gasteiger partial charge < -0.3 is 4.90 Å². The van der Waals surface area contributed by atoms with Gasteiger partial charge in [-0.2, -0.15) is 0 Å². The largest absolute Gasteiger partial charge is 0.314 e. The lowest BCUT2D eigenvalue weighted by Crippen LogP contribution is -2.14. The van der Waals surface area contributed by atoms with E-state index in [0.29, 0.717) is 11.8 Å². The summed E-state index contributed by atoms with van der Waals surface area (Å²) in [5.41, 5.74) is 2.40. The molecule has 3 aromatic rings. The number of anilines is 2. The number of halogens is 2. The third-order valence-corrected chi connectivity index (χ3v) is 3.80. The topological polar surface area (TPSA) is 34.0 Å². The molecule has 0 saturated heterocycles. The van der Waals surface area contributed by atoms with Gasteiger partial charge in [-0.3, -0.25) is 4.57 Å². The molecule has 0 N–H and O–H groups in total. The predicted molar refractivity (Wildman–Crippen MR) is 85.6 cm³/mol. The summed E-state index contributed by atoms with van der Waals surface area (Å²) in [6.07, 6.45) is 0. The molecule has 0 radical (unpaired) electrons. The van der Waals surface area contributed by atoms with Crippen molar-refractivity contribution in [3.8, 4) is 11.4 Å². The highest BCUT2D eigenvalue weighted by Crippen LogP contribution is 2.27. The van der Waals surface area contributed by atoms with Gasteiger partial charge in [-0.05, 0) is 55.0 Å². The molecule has 4 nitrogen and oxygen atoms in total. The van der Waals surface area contributed by atoms with Crippen LogP contribution in [0.4, 0.5) is 20.4 Å². The Hall–Kier alpha value is -2.76. The number of rotatable bonds is 3. The smallest absolute Gasteiger partial charge is 0.231 e. The minimum absolute atomic E-state index is 0.280. The molecule has 23 heavy (non-hydrogen) atoms. The van der Waals surface area contributed by atoms with Crippen LogP contribution in [0, 0.1) is 18.6 Å². The average molecular weight is 314 g/mol. The van der Waals surface area contributed by atoms with Crippen LogP contribution in [0.2, 0.25) is 0 Å². The van der Waals surface area contributed by atoms with Crippen LogP contribution in [0.1, 0.15) is 5.56 Å². The van der Waals surface area contributed by atoms with Crippen LogP contribution in [0.15, 0.2) is 42.5 Å². The van der Waals surface area contributed by atoms with Crippen molar-refractivity contribution in [3.05, 3.63) is 59.7 Å². The molecule has 1 aromatic heterocycles. The minimum atomic E-state index is -0.289. The first-order chi connectivity index (χ1) is 11.0. The molecule has 0 aliphatic rings.